The van der Waals surface area contributed by atoms with Gasteiger partial charge in [-0.3, -0.25) is 19.4 Å². The Morgan fingerprint density at radius 1 is 1.00 bits per heavy atom. The molecular weight excluding hydrogens is 642 g/mol. The third-order valence-corrected chi connectivity index (χ3v) is 8.86. The van der Waals surface area contributed by atoms with Crippen molar-refractivity contribution in [3.63, 3.8) is 0 Å². The number of fused-ring (bicyclic) bond motifs is 2. The number of hydrogen-bond donors (Lipinski definition) is 3. The molecule has 6 rings (SSSR count). The highest BCUT2D eigenvalue weighted by Crippen LogP contribution is 2.38. The van der Waals surface area contributed by atoms with Gasteiger partial charge in [0.25, 0.3) is 11.8 Å². The molecule has 2 aromatic heterocycles. The van der Waals surface area contributed by atoms with Crippen molar-refractivity contribution in [1.29, 1.82) is 0 Å². The molecule has 4 aromatic rings. The molecular formula is C36H41N7O7. The van der Waals surface area contributed by atoms with Crippen molar-refractivity contribution in [2.75, 3.05) is 38.0 Å². The van der Waals surface area contributed by atoms with Crippen LogP contribution < -0.4 is 20.1 Å². The number of nitrogens with one attached hydrogen (secondary N) is 2. The molecule has 262 valence electrons. The van der Waals surface area contributed by atoms with E-state index in [9.17, 15) is 19.5 Å². The molecule has 1 unspecified atom stereocenters. The number of carbonyl (C=O) groups excluding carboxylic acids is 3. The van der Waals surface area contributed by atoms with Crippen molar-refractivity contribution < 1.29 is 33.7 Å². The summed E-state index contributed by atoms with van der Waals surface area (Å²) in [7, 11) is 6.46. The van der Waals surface area contributed by atoms with Gasteiger partial charge in [0.05, 0.1) is 36.7 Å². The van der Waals surface area contributed by atoms with Crippen LogP contribution in [0.1, 0.15) is 65.1 Å². The Kier molecular flexibility index (Phi) is 10.3. The number of benzene rings is 2. The molecule has 0 saturated carbocycles. The number of piperidine rings is 1. The number of imidazole rings is 1. The second kappa shape index (κ2) is 15.0. The van der Waals surface area contributed by atoms with Gasteiger partial charge in [-0.25, -0.2) is 4.98 Å². The highest BCUT2D eigenvalue weighted by molar-refractivity contribution is 6.04. The number of hydrogen-bond acceptors (Lipinski definition) is 9. The van der Waals surface area contributed by atoms with Gasteiger partial charge in [0.1, 0.15) is 0 Å². The summed E-state index contributed by atoms with van der Waals surface area (Å²) < 4.78 is 19.8. The van der Waals surface area contributed by atoms with Crippen molar-refractivity contribution in [3.8, 4) is 22.6 Å². The molecule has 2 atom stereocenters. The fraction of sp³-hybridized carbons (Fsp3) is 0.361. The number of rotatable bonds is 12. The van der Waals surface area contributed by atoms with E-state index in [-0.39, 0.29) is 42.5 Å². The maximum absolute atomic E-state index is 13.2. The highest BCUT2D eigenvalue weighted by Gasteiger charge is 2.31. The van der Waals surface area contributed by atoms with Crippen LogP contribution in [0, 0.1) is 0 Å². The minimum Gasteiger partial charge on any atom is -0.493 e. The topological polar surface area (TPSA) is 162 Å². The summed E-state index contributed by atoms with van der Waals surface area (Å²) in [4.78, 5) is 49.8. The Bertz CT molecular complexity index is 1910. The van der Waals surface area contributed by atoms with E-state index in [1.165, 1.54) is 14.2 Å². The summed E-state index contributed by atoms with van der Waals surface area (Å²) in [6, 6.07) is 12.5. The van der Waals surface area contributed by atoms with Crippen molar-refractivity contribution in [3.05, 3.63) is 71.9 Å². The summed E-state index contributed by atoms with van der Waals surface area (Å²) in [5, 5.41) is 15.6. The van der Waals surface area contributed by atoms with Gasteiger partial charge in [0.15, 0.2) is 23.6 Å². The molecule has 1 fully saturated rings. The maximum atomic E-state index is 13.2. The molecule has 14 nitrogen and oxygen atoms in total. The number of aliphatic hydroxyl groups is 1. The summed E-state index contributed by atoms with van der Waals surface area (Å²) in [6.45, 7) is 0.934. The first-order valence-corrected chi connectivity index (χ1v) is 16.5. The average molecular weight is 684 g/mol. The molecule has 1 saturated heterocycles. The Balaban J connectivity index is 1.00. The minimum absolute atomic E-state index is 0.00614. The second-order valence-electron chi connectivity index (χ2n) is 12.3. The van der Waals surface area contributed by atoms with Crippen LogP contribution in [-0.2, 0) is 23.6 Å². The van der Waals surface area contributed by atoms with Crippen LogP contribution >= 0.6 is 0 Å². The monoisotopic (exact) mass is 683 g/mol. The normalized spacial score (nSPS) is 15.9. The zero-order valence-electron chi connectivity index (χ0n) is 28.5. The van der Waals surface area contributed by atoms with Crippen LogP contribution in [0.25, 0.3) is 11.1 Å². The quantitative estimate of drug-likeness (QED) is 0.141. The largest absolute Gasteiger partial charge is 0.493 e. The van der Waals surface area contributed by atoms with Gasteiger partial charge in [-0.1, -0.05) is 12.1 Å². The lowest BCUT2D eigenvalue weighted by Gasteiger charge is -2.32. The average Bonchev–Trinajstić information content (AvgIpc) is 3.66. The van der Waals surface area contributed by atoms with Gasteiger partial charge in [0.2, 0.25) is 11.7 Å². The number of carbonyl (C=O) groups is 3. The minimum atomic E-state index is -1.03. The molecule has 14 heteroatoms. The second-order valence-corrected chi connectivity index (χ2v) is 12.3. The molecule has 0 aliphatic carbocycles. The number of aliphatic hydroxyl groups excluding tert-OH is 1. The van der Waals surface area contributed by atoms with Crippen LogP contribution in [-0.4, -0.2) is 81.5 Å². The van der Waals surface area contributed by atoms with E-state index in [0.29, 0.717) is 47.1 Å². The first-order chi connectivity index (χ1) is 24.1. The molecule has 2 aliphatic heterocycles. The first kappa shape index (κ1) is 34.4. The number of nitrogens with zero attached hydrogens (tertiary/aromatic N) is 5. The molecule has 50 heavy (non-hydrogen) atoms. The standard InChI is InChI=1S/C36H41N7O7/c1-41-20-23(16-28(41)36(47)49-4)22-10-12-24(13-11-22)38-34(45)33-40-31(21-42(33)2)39-32(44)9-7-15-50-30-18-27-26(17-29(30)48-3)35(46)43-14-6-5-8-25(43)19-37-27/h10-13,16-21,25,36,47H,5-9,14-15H2,1-4H3,(H,38,45)(H,39,44)/t25-,36?/m0/s1. The molecule has 0 spiro atoms. The van der Waals surface area contributed by atoms with E-state index in [4.69, 9.17) is 14.2 Å². The van der Waals surface area contributed by atoms with E-state index in [2.05, 4.69) is 20.6 Å². The van der Waals surface area contributed by atoms with Crippen LogP contribution in [0.4, 0.5) is 17.2 Å². The number of amides is 3. The van der Waals surface area contributed by atoms with Crippen molar-refractivity contribution in [2.24, 2.45) is 19.1 Å². The smallest absolute Gasteiger partial charge is 0.291 e. The van der Waals surface area contributed by atoms with Gasteiger partial charge >= 0.3 is 0 Å². The molecule has 0 bridgehead atoms. The molecule has 0 radical (unpaired) electrons. The van der Waals surface area contributed by atoms with Gasteiger partial charge in [-0.15, -0.1) is 0 Å². The third kappa shape index (κ3) is 7.40. The van der Waals surface area contributed by atoms with Gasteiger partial charge in [-0.05, 0) is 61.1 Å². The van der Waals surface area contributed by atoms with E-state index < -0.39 is 12.2 Å². The fourth-order valence-electron chi connectivity index (χ4n) is 6.18. The fourth-order valence-corrected chi connectivity index (χ4v) is 6.18. The molecule has 4 heterocycles. The van der Waals surface area contributed by atoms with Crippen LogP contribution in [0.15, 0.2) is 59.9 Å². The number of aryl methyl sites for hydroxylation is 2. The van der Waals surface area contributed by atoms with E-state index in [1.807, 2.05) is 42.6 Å². The molecule has 2 aromatic carbocycles. The number of methoxy groups -OCH3 is 2. The highest BCUT2D eigenvalue weighted by atomic mass is 16.6. The summed E-state index contributed by atoms with van der Waals surface area (Å²) in [5.41, 5.74) is 4.01. The Labute approximate surface area is 289 Å². The van der Waals surface area contributed by atoms with Crippen molar-refractivity contribution >= 4 is 41.1 Å². The maximum Gasteiger partial charge on any atom is 0.291 e. The van der Waals surface area contributed by atoms with E-state index in [0.717, 1.165) is 30.4 Å². The van der Waals surface area contributed by atoms with Gasteiger partial charge in [-0.2, -0.15) is 0 Å². The van der Waals surface area contributed by atoms with Gasteiger partial charge in [0, 0.05) is 64.5 Å². The number of aromatic nitrogens is 3. The lowest BCUT2D eigenvalue weighted by atomic mass is 10.0. The van der Waals surface area contributed by atoms with Crippen LogP contribution in [0.5, 0.6) is 11.5 Å². The Morgan fingerprint density at radius 2 is 1.80 bits per heavy atom. The summed E-state index contributed by atoms with van der Waals surface area (Å²) in [5.74, 6) is 0.480. The predicted molar refractivity (Wildman–Crippen MR) is 187 cm³/mol. The predicted octanol–water partition coefficient (Wildman–Crippen LogP) is 4.83. The SMILES string of the molecule is COc1cc2c(cc1OCCCC(=O)Nc1cn(C)c(C(=O)Nc3ccc(-c4cc(C(O)OC)n(C)c4)cc3)n1)N=C[C@@H]1CCCCN1C2=O. The van der Waals surface area contributed by atoms with E-state index >= 15 is 0 Å². The Hall–Kier alpha value is -5.47. The Morgan fingerprint density at radius 3 is 2.56 bits per heavy atom. The number of ether oxygens (including phenoxy) is 3. The lowest BCUT2D eigenvalue weighted by molar-refractivity contribution is -0.116. The lowest BCUT2D eigenvalue weighted by Crippen LogP contribution is -2.43. The van der Waals surface area contributed by atoms with Gasteiger partial charge < -0.3 is 44.0 Å². The zero-order valence-corrected chi connectivity index (χ0v) is 28.5. The summed E-state index contributed by atoms with van der Waals surface area (Å²) >= 11 is 0. The number of aliphatic imine (C=N–C) groups is 1. The third-order valence-electron chi connectivity index (χ3n) is 8.86. The number of anilines is 2. The zero-order chi connectivity index (χ0) is 35.4. The van der Waals surface area contributed by atoms with Crippen molar-refractivity contribution in [2.45, 2.75) is 44.4 Å². The van der Waals surface area contributed by atoms with Crippen molar-refractivity contribution in [1.82, 2.24) is 19.0 Å². The molecule has 3 amide bonds. The van der Waals surface area contributed by atoms with Crippen LogP contribution in [0.2, 0.25) is 0 Å². The van der Waals surface area contributed by atoms with Crippen LogP contribution in [0.3, 0.4) is 0 Å². The first-order valence-electron chi connectivity index (χ1n) is 16.5. The molecule has 3 N–H and O–H groups in total. The molecule has 2 aliphatic rings. The summed E-state index contributed by atoms with van der Waals surface area (Å²) in [6.07, 6.45) is 7.76. The van der Waals surface area contributed by atoms with E-state index in [1.54, 1.807) is 46.6 Å².